The second-order valence-corrected chi connectivity index (χ2v) is 7.11. The quantitative estimate of drug-likeness (QED) is 0.397. The summed E-state index contributed by atoms with van der Waals surface area (Å²) in [5.74, 6) is -4.44. The molecule has 128 valence electrons. The van der Waals surface area contributed by atoms with Crippen LogP contribution < -0.4 is 0 Å². The number of amides is 1. The summed E-state index contributed by atoms with van der Waals surface area (Å²) in [4.78, 5) is 35.3. The van der Waals surface area contributed by atoms with E-state index in [4.69, 9.17) is 9.66 Å². The van der Waals surface area contributed by atoms with Gasteiger partial charge in [0.2, 0.25) is 5.91 Å². The Morgan fingerprint density at radius 1 is 1.43 bits per heavy atom. The van der Waals surface area contributed by atoms with Crippen LogP contribution in [0.3, 0.4) is 0 Å². The van der Waals surface area contributed by atoms with Gasteiger partial charge in [-0.05, 0) is 6.92 Å². The molecule has 0 spiro atoms. The van der Waals surface area contributed by atoms with Crippen molar-refractivity contribution in [1.82, 2.24) is 4.90 Å². The summed E-state index contributed by atoms with van der Waals surface area (Å²) in [7, 11) is -4.75. The van der Waals surface area contributed by atoms with Gasteiger partial charge >= 0.3 is 22.3 Å². The number of carbonyl (C=O) groups excluding carboxylic acids is 1. The first-order valence-corrected chi connectivity index (χ1v) is 8.67. The van der Waals surface area contributed by atoms with E-state index >= 15 is 0 Å². The van der Waals surface area contributed by atoms with Crippen LogP contribution in [0.4, 0.5) is 0 Å². The van der Waals surface area contributed by atoms with Gasteiger partial charge in [-0.1, -0.05) is 0 Å². The van der Waals surface area contributed by atoms with Crippen molar-refractivity contribution in [3.63, 3.8) is 0 Å². The highest BCUT2D eigenvalue weighted by Crippen LogP contribution is 2.47. The zero-order valence-electron chi connectivity index (χ0n) is 11.7. The minimum Gasteiger partial charge on any atom is -0.481 e. The molecule has 12 heteroatoms. The lowest BCUT2D eigenvalue weighted by atomic mass is 9.83. The Kier molecular flexibility index (Phi) is 4.71. The third kappa shape index (κ3) is 3.49. The zero-order valence-corrected chi connectivity index (χ0v) is 13.3. The molecule has 3 unspecified atom stereocenters. The van der Waals surface area contributed by atoms with Gasteiger partial charge in [0.1, 0.15) is 5.70 Å². The summed E-state index contributed by atoms with van der Waals surface area (Å²) in [5, 5.41) is 17.9. The van der Waals surface area contributed by atoms with Crippen molar-refractivity contribution in [2.45, 2.75) is 25.5 Å². The number of rotatable bonds is 7. The standard InChI is InChI=1S/C11H13NO9S2/c1-4(21-23(18,19)20)8-5-2-6(22-3-7(13)14)9(11(16)17)12(5)10(8)15/h4-5,8H,2-3H2,1H3,(H,13,14)(H,16,17)(H,18,19,20). The molecule has 23 heavy (non-hydrogen) atoms. The average molecular weight is 367 g/mol. The number of carbonyl (C=O) groups is 3. The number of hydrogen-bond donors (Lipinski definition) is 3. The molecule has 2 aliphatic heterocycles. The largest absolute Gasteiger partial charge is 0.481 e. The smallest absolute Gasteiger partial charge is 0.397 e. The Hall–Kier alpha value is -1.63. The molecule has 1 fully saturated rings. The number of carboxylic acid groups (broad SMARTS) is 2. The van der Waals surface area contributed by atoms with Gasteiger partial charge in [0, 0.05) is 11.3 Å². The summed E-state index contributed by atoms with van der Waals surface area (Å²) >= 11 is 0.802. The molecule has 2 rings (SSSR count). The number of nitrogens with zero attached hydrogens (tertiary/aromatic N) is 1. The van der Waals surface area contributed by atoms with Crippen molar-refractivity contribution < 1.29 is 41.8 Å². The molecule has 0 aromatic rings. The summed E-state index contributed by atoms with van der Waals surface area (Å²) in [6.07, 6.45) is -1.08. The lowest BCUT2D eigenvalue weighted by molar-refractivity contribution is -0.160. The van der Waals surface area contributed by atoms with Crippen LogP contribution in [0.5, 0.6) is 0 Å². The molecule has 0 radical (unpaired) electrons. The maximum Gasteiger partial charge on any atom is 0.397 e. The van der Waals surface area contributed by atoms with E-state index in [9.17, 15) is 27.9 Å². The van der Waals surface area contributed by atoms with E-state index in [1.165, 1.54) is 6.92 Å². The molecule has 3 atom stereocenters. The van der Waals surface area contributed by atoms with Crippen molar-refractivity contribution in [3.8, 4) is 0 Å². The normalized spacial score (nSPS) is 25.1. The fraction of sp³-hybridized carbons (Fsp3) is 0.545. The van der Waals surface area contributed by atoms with E-state index in [1.807, 2.05) is 0 Å². The Balaban J connectivity index is 2.18. The summed E-state index contributed by atoms with van der Waals surface area (Å²) < 4.78 is 34.5. The molecule has 0 saturated carbocycles. The van der Waals surface area contributed by atoms with Gasteiger partial charge < -0.3 is 15.1 Å². The Morgan fingerprint density at radius 2 is 2.04 bits per heavy atom. The van der Waals surface area contributed by atoms with Gasteiger partial charge in [-0.25, -0.2) is 8.98 Å². The number of fused-ring (bicyclic) bond motifs is 1. The van der Waals surface area contributed by atoms with Crippen molar-refractivity contribution in [2.24, 2.45) is 5.92 Å². The maximum absolute atomic E-state index is 12.1. The van der Waals surface area contributed by atoms with Crippen LogP contribution in [0.25, 0.3) is 0 Å². The minimum atomic E-state index is -4.75. The van der Waals surface area contributed by atoms with Crippen molar-refractivity contribution in [1.29, 1.82) is 0 Å². The van der Waals surface area contributed by atoms with Crippen molar-refractivity contribution >= 4 is 40.0 Å². The molecule has 0 aromatic heterocycles. The lowest BCUT2D eigenvalue weighted by Crippen LogP contribution is -2.62. The number of carboxylic acids is 2. The molecule has 1 amide bonds. The SMILES string of the molecule is CC(OS(=O)(=O)O)C1C(=O)N2C(C(=O)O)=C(SCC(=O)O)CC12. The average Bonchev–Trinajstić information content (AvgIpc) is 2.68. The second-order valence-electron chi connectivity index (χ2n) is 4.99. The van der Waals surface area contributed by atoms with Crippen LogP contribution in [0, 0.1) is 5.92 Å². The van der Waals surface area contributed by atoms with Gasteiger partial charge in [-0.3, -0.25) is 14.1 Å². The van der Waals surface area contributed by atoms with Gasteiger partial charge in [0.25, 0.3) is 0 Å². The third-order valence-electron chi connectivity index (χ3n) is 3.52. The predicted molar refractivity (Wildman–Crippen MR) is 75.6 cm³/mol. The number of β-lactam (4-membered cyclic amide) rings is 1. The highest BCUT2D eigenvalue weighted by atomic mass is 32.3. The minimum absolute atomic E-state index is 0.0924. The second kappa shape index (κ2) is 6.11. The van der Waals surface area contributed by atoms with E-state index in [1.54, 1.807) is 0 Å². The Morgan fingerprint density at radius 3 is 2.52 bits per heavy atom. The first-order valence-electron chi connectivity index (χ1n) is 6.32. The summed E-state index contributed by atoms with van der Waals surface area (Å²) in [5.41, 5.74) is -0.290. The van der Waals surface area contributed by atoms with E-state index in [0.29, 0.717) is 0 Å². The van der Waals surface area contributed by atoms with E-state index in [0.717, 1.165) is 16.7 Å². The van der Waals surface area contributed by atoms with Crippen molar-refractivity contribution in [3.05, 3.63) is 10.6 Å². The Labute approximate surface area is 135 Å². The molecule has 0 aliphatic carbocycles. The predicted octanol–water partition coefficient (Wildman–Crippen LogP) is -0.461. The van der Waals surface area contributed by atoms with Crippen LogP contribution in [-0.4, -0.2) is 63.8 Å². The topological polar surface area (TPSA) is 159 Å². The van der Waals surface area contributed by atoms with Gasteiger partial charge in [0.05, 0.1) is 23.8 Å². The molecule has 1 saturated heterocycles. The van der Waals surface area contributed by atoms with E-state index < -0.39 is 46.3 Å². The molecule has 3 N–H and O–H groups in total. The van der Waals surface area contributed by atoms with Crippen LogP contribution in [0.1, 0.15) is 13.3 Å². The van der Waals surface area contributed by atoms with Gasteiger partial charge in [-0.2, -0.15) is 8.42 Å². The van der Waals surface area contributed by atoms with Crippen LogP contribution in [0.2, 0.25) is 0 Å². The molecular weight excluding hydrogens is 354 g/mol. The molecule has 0 aromatic carbocycles. The van der Waals surface area contributed by atoms with Crippen molar-refractivity contribution in [2.75, 3.05) is 5.75 Å². The van der Waals surface area contributed by atoms with E-state index in [-0.39, 0.29) is 22.8 Å². The highest BCUT2D eigenvalue weighted by Gasteiger charge is 2.57. The third-order valence-corrected chi connectivity index (χ3v) is 5.17. The molecule has 2 heterocycles. The summed E-state index contributed by atoms with van der Waals surface area (Å²) in [6.45, 7) is 1.27. The molecule has 2 aliphatic rings. The van der Waals surface area contributed by atoms with Gasteiger partial charge in [-0.15, -0.1) is 11.8 Å². The monoisotopic (exact) mass is 367 g/mol. The first-order chi connectivity index (χ1) is 10.5. The first kappa shape index (κ1) is 17.7. The van der Waals surface area contributed by atoms with Crippen LogP contribution in [0.15, 0.2) is 10.6 Å². The zero-order chi connectivity index (χ0) is 17.5. The van der Waals surface area contributed by atoms with Gasteiger partial charge in [0.15, 0.2) is 0 Å². The molecular formula is C11H13NO9S2. The van der Waals surface area contributed by atoms with Crippen LogP contribution >= 0.6 is 11.8 Å². The molecule has 10 nitrogen and oxygen atoms in total. The number of aliphatic carboxylic acids is 2. The Bertz CT molecular complexity index is 698. The fourth-order valence-corrected chi connectivity index (χ4v) is 4.16. The summed E-state index contributed by atoms with van der Waals surface area (Å²) in [6, 6.07) is -0.637. The maximum atomic E-state index is 12.1. The highest BCUT2D eigenvalue weighted by molar-refractivity contribution is 8.03. The molecule has 0 bridgehead atoms. The number of hydrogen-bond acceptors (Lipinski definition) is 7. The number of thioether (sulfide) groups is 1. The fourth-order valence-electron chi connectivity index (χ4n) is 2.75. The van der Waals surface area contributed by atoms with E-state index in [2.05, 4.69) is 4.18 Å². The van der Waals surface area contributed by atoms with Crippen LogP contribution in [-0.2, 0) is 29.0 Å². The lowest BCUT2D eigenvalue weighted by Gasteiger charge is -2.45.